The van der Waals surface area contributed by atoms with Crippen LogP contribution in [0, 0.1) is 0 Å². The lowest BCUT2D eigenvalue weighted by Gasteiger charge is -2.23. The van der Waals surface area contributed by atoms with Gasteiger partial charge in [0, 0.05) is 20.1 Å². The van der Waals surface area contributed by atoms with Gasteiger partial charge in [0.2, 0.25) is 5.03 Å². The monoisotopic (exact) mass is 313 g/mol. The van der Waals surface area contributed by atoms with Gasteiger partial charge in [-0.25, -0.2) is 13.4 Å². The molecule has 1 atom stereocenters. The van der Waals surface area contributed by atoms with Crippen LogP contribution in [-0.4, -0.2) is 29.3 Å². The summed E-state index contributed by atoms with van der Waals surface area (Å²) in [5.41, 5.74) is 0.908. The van der Waals surface area contributed by atoms with E-state index < -0.39 is 10.0 Å². The Morgan fingerprint density at radius 2 is 1.90 bits per heavy atom. The lowest BCUT2D eigenvalue weighted by molar-refractivity contribution is 0.397. The lowest BCUT2D eigenvalue weighted by atomic mass is 10.1. The Bertz CT molecular complexity index is 698. The standard InChI is InChI=1S/C13H16ClN3O2S/c1-10(11-7-5-4-6-8-11)17(3)20(18,19)13-12(14)16(2)9-15-13/h4-10H,1-3H3. The summed E-state index contributed by atoms with van der Waals surface area (Å²) >= 11 is 5.98. The van der Waals surface area contributed by atoms with Crippen molar-refractivity contribution in [1.82, 2.24) is 13.9 Å². The van der Waals surface area contributed by atoms with Crippen molar-refractivity contribution in [3.05, 3.63) is 47.4 Å². The molecule has 1 aromatic carbocycles. The van der Waals surface area contributed by atoms with E-state index in [1.54, 1.807) is 7.05 Å². The van der Waals surface area contributed by atoms with E-state index in [0.717, 1.165) is 5.56 Å². The summed E-state index contributed by atoms with van der Waals surface area (Å²) in [6.45, 7) is 1.82. The summed E-state index contributed by atoms with van der Waals surface area (Å²) in [5, 5.41) is -0.0101. The summed E-state index contributed by atoms with van der Waals surface area (Å²) in [7, 11) is -0.553. The van der Waals surface area contributed by atoms with E-state index in [4.69, 9.17) is 11.6 Å². The van der Waals surface area contributed by atoms with Crippen LogP contribution in [0.4, 0.5) is 0 Å². The Morgan fingerprint density at radius 1 is 1.30 bits per heavy atom. The van der Waals surface area contributed by atoms with Gasteiger partial charge in [-0.3, -0.25) is 0 Å². The van der Waals surface area contributed by atoms with Crippen molar-refractivity contribution < 1.29 is 8.42 Å². The molecule has 0 aliphatic heterocycles. The number of sulfonamides is 1. The largest absolute Gasteiger partial charge is 0.324 e. The van der Waals surface area contributed by atoms with Crippen LogP contribution < -0.4 is 0 Å². The third kappa shape index (κ3) is 2.59. The van der Waals surface area contributed by atoms with Crippen LogP contribution >= 0.6 is 11.6 Å². The third-order valence-electron chi connectivity index (χ3n) is 3.29. The summed E-state index contributed by atoms with van der Waals surface area (Å²) < 4.78 is 27.8. The Balaban J connectivity index is 2.37. The van der Waals surface area contributed by atoms with Gasteiger partial charge in [-0.1, -0.05) is 41.9 Å². The molecule has 0 radical (unpaired) electrons. The van der Waals surface area contributed by atoms with Crippen LogP contribution in [0.3, 0.4) is 0 Å². The second kappa shape index (κ2) is 5.55. The second-order valence-electron chi connectivity index (χ2n) is 4.56. The second-order valence-corrected chi connectivity index (χ2v) is 6.83. The first kappa shape index (κ1) is 15.0. The number of hydrogen-bond donors (Lipinski definition) is 0. The van der Waals surface area contributed by atoms with Gasteiger partial charge >= 0.3 is 0 Å². The van der Waals surface area contributed by atoms with E-state index in [1.165, 1.54) is 22.2 Å². The predicted octanol–water partition coefficient (Wildman–Crippen LogP) is 2.46. The zero-order valence-corrected chi connectivity index (χ0v) is 13.1. The molecule has 2 aromatic rings. The fourth-order valence-corrected chi connectivity index (χ4v) is 3.59. The molecule has 0 amide bonds. The third-order valence-corrected chi connectivity index (χ3v) is 5.70. The van der Waals surface area contributed by atoms with Crippen molar-refractivity contribution in [1.29, 1.82) is 0 Å². The first-order valence-corrected chi connectivity index (χ1v) is 7.87. The minimum atomic E-state index is -3.73. The highest BCUT2D eigenvalue weighted by atomic mass is 35.5. The molecule has 2 rings (SSSR count). The quantitative estimate of drug-likeness (QED) is 0.871. The minimum Gasteiger partial charge on any atom is -0.324 e. The Hall–Kier alpha value is -1.37. The number of rotatable bonds is 4. The smallest absolute Gasteiger partial charge is 0.263 e. The van der Waals surface area contributed by atoms with Crippen molar-refractivity contribution in [3.8, 4) is 0 Å². The molecule has 0 N–H and O–H groups in total. The maximum Gasteiger partial charge on any atom is 0.263 e. The molecule has 20 heavy (non-hydrogen) atoms. The molecule has 1 heterocycles. The van der Waals surface area contributed by atoms with Gasteiger partial charge in [0.1, 0.15) is 5.15 Å². The molecule has 0 fully saturated rings. The maximum absolute atomic E-state index is 12.5. The van der Waals surface area contributed by atoms with Crippen molar-refractivity contribution in [2.24, 2.45) is 7.05 Å². The minimum absolute atomic E-state index is 0.108. The van der Waals surface area contributed by atoms with E-state index in [-0.39, 0.29) is 16.2 Å². The SMILES string of the molecule is CC(c1ccccc1)N(C)S(=O)(=O)c1ncn(C)c1Cl. The predicted molar refractivity (Wildman–Crippen MR) is 78.0 cm³/mol. The van der Waals surface area contributed by atoms with E-state index in [2.05, 4.69) is 4.98 Å². The summed E-state index contributed by atoms with van der Waals surface area (Å²) in [6.07, 6.45) is 1.39. The van der Waals surface area contributed by atoms with Crippen LogP contribution in [0.15, 0.2) is 41.7 Å². The van der Waals surface area contributed by atoms with Gasteiger partial charge in [0.15, 0.2) is 0 Å². The molecule has 7 heteroatoms. The maximum atomic E-state index is 12.5. The normalized spacial score (nSPS) is 13.7. The van der Waals surface area contributed by atoms with E-state index in [9.17, 15) is 8.42 Å². The fraction of sp³-hybridized carbons (Fsp3) is 0.308. The van der Waals surface area contributed by atoms with Crippen LogP contribution in [0.2, 0.25) is 5.15 Å². The van der Waals surface area contributed by atoms with Crippen LogP contribution in [0.25, 0.3) is 0 Å². The zero-order valence-electron chi connectivity index (χ0n) is 11.5. The van der Waals surface area contributed by atoms with E-state index in [1.807, 2.05) is 37.3 Å². The van der Waals surface area contributed by atoms with Gasteiger partial charge in [-0.2, -0.15) is 4.31 Å². The van der Waals surface area contributed by atoms with Gasteiger partial charge in [-0.05, 0) is 12.5 Å². The Kier molecular flexibility index (Phi) is 4.17. The molecule has 108 valence electrons. The van der Waals surface area contributed by atoms with Gasteiger partial charge < -0.3 is 4.57 Å². The molecular weight excluding hydrogens is 298 g/mol. The topological polar surface area (TPSA) is 55.2 Å². The highest BCUT2D eigenvalue weighted by Gasteiger charge is 2.30. The summed E-state index contributed by atoms with van der Waals surface area (Å²) in [5.74, 6) is 0. The molecule has 0 bridgehead atoms. The number of hydrogen-bond acceptors (Lipinski definition) is 3. The average molecular weight is 314 g/mol. The molecule has 0 spiro atoms. The number of halogens is 1. The van der Waals surface area contributed by atoms with Crippen molar-refractivity contribution >= 4 is 21.6 Å². The van der Waals surface area contributed by atoms with Crippen molar-refractivity contribution in [2.75, 3.05) is 7.05 Å². The van der Waals surface area contributed by atoms with Gasteiger partial charge in [0.25, 0.3) is 10.0 Å². The molecule has 0 aliphatic carbocycles. The summed E-state index contributed by atoms with van der Waals surface area (Å²) in [6, 6.07) is 9.10. The van der Waals surface area contributed by atoms with Crippen molar-refractivity contribution in [3.63, 3.8) is 0 Å². The van der Waals surface area contributed by atoms with E-state index in [0.29, 0.717) is 0 Å². The van der Waals surface area contributed by atoms with Gasteiger partial charge in [-0.15, -0.1) is 0 Å². The Labute approximate surface area is 123 Å². The lowest BCUT2D eigenvalue weighted by Crippen LogP contribution is -2.30. The molecule has 1 aromatic heterocycles. The number of imidazole rings is 1. The summed E-state index contributed by atoms with van der Waals surface area (Å²) in [4.78, 5) is 3.89. The molecule has 1 unspecified atom stereocenters. The van der Waals surface area contributed by atoms with Crippen LogP contribution in [-0.2, 0) is 17.1 Å². The zero-order chi connectivity index (χ0) is 14.9. The molecule has 0 saturated heterocycles. The average Bonchev–Trinajstić information content (AvgIpc) is 2.79. The van der Waals surface area contributed by atoms with E-state index >= 15 is 0 Å². The fourth-order valence-electron chi connectivity index (χ4n) is 1.85. The Morgan fingerprint density at radius 3 is 2.40 bits per heavy atom. The molecule has 0 saturated carbocycles. The number of aromatic nitrogens is 2. The van der Waals surface area contributed by atoms with Crippen LogP contribution in [0.1, 0.15) is 18.5 Å². The number of aryl methyl sites for hydroxylation is 1. The molecule has 5 nitrogen and oxygen atoms in total. The van der Waals surface area contributed by atoms with Crippen molar-refractivity contribution in [2.45, 2.75) is 18.0 Å². The highest BCUT2D eigenvalue weighted by Crippen LogP contribution is 2.28. The molecular formula is C13H16ClN3O2S. The first-order chi connectivity index (χ1) is 9.35. The first-order valence-electron chi connectivity index (χ1n) is 6.05. The van der Waals surface area contributed by atoms with Gasteiger partial charge in [0.05, 0.1) is 6.33 Å². The number of benzene rings is 1. The number of nitrogens with zero attached hydrogens (tertiary/aromatic N) is 3. The molecule has 0 aliphatic rings. The highest BCUT2D eigenvalue weighted by molar-refractivity contribution is 7.89. The van der Waals surface area contributed by atoms with Crippen LogP contribution in [0.5, 0.6) is 0 Å².